The van der Waals surface area contributed by atoms with E-state index in [4.69, 9.17) is 4.55 Å². The Morgan fingerprint density at radius 2 is 2.09 bits per heavy atom. The third-order valence-corrected chi connectivity index (χ3v) is 2.91. The van der Waals surface area contributed by atoms with E-state index < -0.39 is 10.3 Å². The predicted octanol–water partition coefficient (Wildman–Crippen LogP) is 0.474. The van der Waals surface area contributed by atoms with Crippen LogP contribution in [0.1, 0.15) is 6.92 Å². The standard InChI is InChI=1S/C5H13NO3S2/c1-3-6(4-5-10-2)11(7,8)9/h3-5H2,1-2H3,(H,7,8,9). The Morgan fingerprint density at radius 1 is 1.55 bits per heavy atom. The van der Waals surface area contributed by atoms with E-state index in [9.17, 15) is 8.42 Å². The molecule has 0 aromatic carbocycles. The molecule has 0 aliphatic carbocycles. The Kier molecular flexibility index (Phi) is 5.07. The molecule has 0 saturated heterocycles. The molecule has 0 rings (SSSR count). The summed E-state index contributed by atoms with van der Waals surface area (Å²) in [5.41, 5.74) is 0. The molecule has 0 aliphatic rings. The lowest BCUT2D eigenvalue weighted by Gasteiger charge is -2.14. The fourth-order valence-electron chi connectivity index (χ4n) is 0.630. The van der Waals surface area contributed by atoms with Gasteiger partial charge in [-0.05, 0) is 6.26 Å². The molecule has 11 heavy (non-hydrogen) atoms. The summed E-state index contributed by atoms with van der Waals surface area (Å²) in [5, 5.41) is 0. The Morgan fingerprint density at radius 3 is 2.36 bits per heavy atom. The smallest absolute Gasteiger partial charge is 0.273 e. The van der Waals surface area contributed by atoms with E-state index in [0.717, 1.165) is 4.31 Å². The molecule has 68 valence electrons. The minimum absolute atomic E-state index is 0.319. The van der Waals surface area contributed by atoms with Crippen molar-refractivity contribution in [1.82, 2.24) is 4.31 Å². The van der Waals surface area contributed by atoms with Gasteiger partial charge in [-0.2, -0.15) is 24.5 Å². The monoisotopic (exact) mass is 199 g/mol. The fourth-order valence-corrected chi connectivity index (χ4v) is 1.80. The Hall–Kier alpha value is 0.220. The highest BCUT2D eigenvalue weighted by Gasteiger charge is 2.14. The largest absolute Gasteiger partial charge is 0.335 e. The molecule has 0 unspecified atom stereocenters. The Labute approximate surface area is 71.8 Å². The van der Waals surface area contributed by atoms with E-state index in [1.165, 1.54) is 0 Å². The first-order chi connectivity index (χ1) is 5.02. The van der Waals surface area contributed by atoms with Gasteiger partial charge in [0.15, 0.2) is 0 Å². The lowest BCUT2D eigenvalue weighted by atomic mass is 10.7. The third-order valence-electron chi connectivity index (χ3n) is 1.22. The van der Waals surface area contributed by atoms with Crippen LogP contribution in [0.4, 0.5) is 0 Å². The molecule has 0 saturated carbocycles. The van der Waals surface area contributed by atoms with Crippen molar-refractivity contribution in [2.24, 2.45) is 0 Å². The second-order valence-corrected chi connectivity index (χ2v) is 4.36. The van der Waals surface area contributed by atoms with Gasteiger partial charge < -0.3 is 0 Å². The molecular formula is C5H13NO3S2. The zero-order valence-corrected chi connectivity index (χ0v) is 8.28. The molecule has 6 heteroatoms. The van der Waals surface area contributed by atoms with E-state index >= 15 is 0 Å². The van der Waals surface area contributed by atoms with Crippen LogP contribution < -0.4 is 0 Å². The summed E-state index contributed by atoms with van der Waals surface area (Å²) in [6.45, 7) is 2.38. The molecule has 1 N–H and O–H groups in total. The summed E-state index contributed by atoms with van der Waals surface area (Å²) in [6.07, 6.45) is 1.89. The van der Waals surface area contributed by atoms with Crippen LogP contribution in [0.5, 0.6) is 0 Å². The number of thioether (sulfide) groups is 1. The molecular weight excluding hydrogens is 186 g/mol. The van der Waals surface area contributed by atoms with Gasteiger partial charge in [-0.1, -0.05) is 6.92 Å². The molecule has 0 bridgehead atoms. The molecule has 0 amide bonds. The van der Waals surface area contributed by atoms with Crippen molar-refractivity contribution in [3.63, 3.8) is 0 Å². The van der Waals surface area contributed by atoms with Crippen LogP contribution in [-0.4, -0.2) is 42.4 Å². The van der Waals surface area contributed by atoms with Crippen LogP contribution in [0.15, 0.2) is 0 Å². The lowest BCUT2D eigenvalue weighted by Crippen LogP contribution is -2.32. The van der Waals surface area contributed by atoms with Crippen LogP contribution in [-0.2, 0) is 10.3 Å². The Bertz CT molecular complexity index is 190. The SMILES string of the molecule is CCN(CCSC)S(=O)(=O)O. The second kappa shape index (κ2) is 4.97. The first-order valence-electron chi connectivity index (χ1n) is 3.23. The molecule has 0 radical (unpaired) electrons. The van der Waals surface area contributed by atoms with Gasteiger partial charge in [-0.15, -0.1) is 0 Å². The highest BCUT2D eigenvalue weighted by molar-refractivity contribution is 7.98. The van der Waals surface area contributed by atoms with Gasteiger partial charge in [-0.3, -0.25) is 4.55 Å². The lowest BCUT2D eigenvalue weighted by molar-refractivity contribution is 0.373. The van der Waals surface area contributed by atoms with Gasteiger partial charge in [-0.25, -0.2) is 0 Å². The summed E-state index contributed by atoms with van der Waals surface area (Å²) in [4.78, 5) is 0. The molecule has 0 fully saturated rings. The van der Waals surface area contributed by atoms with Crippen molar-refractivity contribution in [2.75, 3.05) is 25.1 Å². The number of nitrogens with zero attached hydrogens (tertiary/aromatic N) is 1. The van der Waals surface area contributed by atoms with Crippen molar-refractivity contribution in [1.29, 1.82) is 0 Å². The average molecular weight is 199 g/mol. The van der Waals surface area contributed by atoms with Gasteiger partial charge in [0, 0.05) is 18.8 Å². The minimum Gasteiger partial charge on any atom is -0.273 e. The van der Waals surface area contributed by atoms with Gasteiger partial charge in [0.1, 0.15) is 0 Å². The average Bonchev–Trinajstić information content (AvgIpc) is 1.87. The number of hydrogen-bond acceptors (Lipinski definition) is 3. The van der Waals surface area contributed by atoms with E-state index in [1.54, 1.807) is 18.7 Å². The summed E-state index contributed by atoms with van der Waals surface area (Å²) < 4.78 is 30.7. The first-order valence-corrected chi connectivity index (χ1v) is 6.03. The van der Waals surface area contributed by atoms with E-state index in [1.807, 2.05) is 6.26 Å². The number of hydrogen-bond donors (Lipinski definition) is 1. The normalized spacial score (nSPS) is 12.4. The van der Waals surface area contributed by atoms with Crippen LogP contribution in [0, 0.1) is 0 Å². The Balaban J connectivity index is 3.97. The van der Waals surface area contributed by atoms with Crippen molar-refractivity contribution in [3.8, 4) is 0 Å². The molecule has 0 aliphatic heterocycles. The summed E-state index contributed by atoms with van der Waals surface area (Å²) in [6, 6.07) is 0. The maximum absolute atomic E-state index is 10.5. The highest BCUT2D eigenvalue weighted by Crippen LogP contribution is 1.99. The van der Waals surface area contributed by atoms with Gasteiger partial charge in [0.05, 0.1) is 0 Å². The molecule has 0 heterocycles. The van der Waals surface area contributed by atoms with Gasteiger partial charge >= 0.3 is 10.3 Å². The highest BCUT2D eigenvalue weighted by atomic mass is 32.2. The quantitative estimate of drug-likeness (QED) is 0.654. The third kappa shape index (κ3) is 4.62. The maximum atomic E-state index is 10.5. The fraction of sp³-hybridized carbons (Fsp3) is 1.00. The number of rotatable bonds is 5. The molecule has 4 nitrogen and oxygen atoms in total. The van der Waals surface area contributed by atoms with E-state index in [-0.39, 0.29) is 0 Å². The summed E-state index contributed by atoms with van der Waals surface area (Å²) in [7, 11) is -3.97. The van der Waals surface area contributed by atoms with Gasteiger partial charge in [0.25, 0.3) is 0 Å². The first kappa shape index (κ1) is 11.2. The summed E-state index contributed by atoms with van der Waals surface area (Å²) >= 11 is 1.54. The zero-order chi connectivity index (χ0) is 8.91. The van der Waals surface area contributed by atoms with Gasteiger partial charge in [0.2, 0.25) is 0 Å². The topological polar surface area (TPSA) is 57.6 Å². The minimum atomic E-state index is -3.97. The van der Waals surface area contributed by atoms with Crippen molar-refractivity contribution in [3.05, 3.63) is 0 Å². The van der Waals surface area contributed by atoms with Crippen LogP contribution >= 0.6 is 11.8 Å². The zero-order valence-electron chi connectivity index (χ0n) is 6.65. The van der Waals surface area contributed by atoms with Crippen LogP contribution in [0.25, 0.3) is 0 Å². The molecule has 0 aromatic rings. The molecule has 0 atom stereocenters. The second-order valence-electron chi connectivity index (χ2n) is 1.96. The van der Waals surface area contributed by atoms with Crippen LogP contribution in [0.3, 0.4) is 0 Å². The van der Waals surface area contributed by atoms with Crippen molar-refractivity contribution >= 4 is 22.1 Å². The van der Waals surface area contributed by atoms with Crippen molar-refractivity contribution < 1.29 is 13.0 Å². The van der Waals surface area contributed by atoms with E-state index in [2.05, 4.69) is 0 Å². The van der Waals surface area contributed by atoms with Crippen LogP contribution in [0.2, 0.25) is 0 Å². The maximum Gasteiger partial charge on any atom is 0.335 e. The molecule has 0 spiro atoms. The van der Waals surface area contributed by atoms with E-state index in [0.29, 0.717) is 18.8 Å². The summed E-state index contributed by atoms with van der Waals surface area (Å²) in [5.74, 6) is 0.702. The molecule has 0 aromatic heterocycles. The van der Waals surface area contributed by atoms with Crippen molar-refractivity contribution in [2.45, 2.75) is 6.92 Å². The predicted molar refractivity (Wildman–Crippen MR) is 47.2 cm³/mol.